The van der Waals surface area contributed by atoms with Gasteiger partial charge in [-0.15, -0.1) is 0 Å². The molecule has 2 heterocycles. The second kappa shape index (κ2) is 4.64. The fourth-order valence-electron chi connectivity index (χ4n) is 2.01. The Kier molecular flexibility index (Phi) is 2.94. The van der Waals surface area contributed by atoms with Crippen molar-refractivity contribution < 1.29 is 13.2 Å². The number of ether oxygens (including phenoxy) is 1. The van der Waals surface area contributed by atoms with Gasteiger partial charge in [0.15, 0.2) is 0 Å². The first-order chi connectivity index (χ1) is 9.63. The molecule has 0 saturated carbocycles. The maximum atomic E-state index is 12.6. The Morgan fingerprint density at radius 3 is 2.60 bits per heavy atom. The summed E-state index contributed by atoms with van der Waals surface area (Å²) in [5.74, 6) is 0.376. The second-order valence-corrected chi connectivity index (χ2v) is 6.03. The molecule has 0 saturated heterocycles. The van der Waals surface area contributed by atoms with Gasteiger partial charge in [0.25, 0.3) is 10.0 Å². The van der Waals surface area contributed by atoms with Crippen molar-refractivity contribution in [2.45, 2.75) is 4.90 Å². The minimum Gasteiger partial charge on any atom is -0.481 e. The first-order valence-corrected chi connectivity index (χ1v) is 7.38. The molecule has 0 aliphatic carbocycles. The van der Waals surface area contributed by atoms with Crippen molar-refractivity contribution in [1.82, 2.24) is 8.96 Å². The van der Waals surface area contributed by atoms with E-state index in [0.29, 0.717) is 11.4 Å². The van der Waals surface area contributed by atoms with Crippen LogP contribution < -0.4 is 4.74 Å². The van der Waals surface area contributed by atoms with Gasteiger partial charge in [0.2, 0.25) is 5.88 Å². The molecule has 0 atom stereocenters. The third kappa shape index (κ3) is 1.94. The summed E-state index contributed by atoms with van der Waals surface area (Å²) in [6, 6.07) is 11.6. The van der Waals surface area contributed by atoms with E-state index in [9.17, 15) is 8.42 Å². The molecule has 3 aromatic rings. The molecule has 2 aromatic heterocycles. The van der Waals surface area contributed by atoms with Gasteiger partial charge in [-0.2, -0.15) is 0 Å². The Morgan fingerprint density at radius 1 is 1.15 bits per heavy atom. The van der Waals surface area contributed by atoms with Crippen LogP contribution in [0.25, 0.3) is 10.9 Å². The summed E-state index contributed by atoms with van der Waals surface area (Å²) in [5.41, 5.74) is 0.542. The van der Waals surface area contributed by atoms with Crippen LogP contribution in [0.1, 0.15) is 0 Å². The van der Waals surface area contributed by atoms with Crippen LogP contribution in [0, 0.1) is 0 Å². The van der Waals surface area contributed by atoms with E-state index in [4.69, 9.17) is 4.74 Å². The lowest BCUT2D eigenvalue weighted by molar-refractivity contribution is 0.398. The van der Waals surface area contributed by atoms with Gasteiger partial charge in [0.1, 0.15) is 0 Å². The fraction of sp³-hybridized carbons (Fsp3) is 0.0714. The van der Waals surface area contributed by atoms with Gasteiger partial charge < -0.3 is 4.74 Å². The van der Waals surface area contributed by atoms with Crippen LogP contribution in [0.3, 0.4) is 0 Å². The molecule has 20 heavy (non-hydrogen) atoms. The first kappa shape index (κ1) is 12.7. The van der Waals surface area contributed by atoms with E-state index in [0.717, 1.165) is 5.39 Å². The zero-order valence-corrected chi connectivity index (χ0v) is 11.5. The van der Waals surface area contributed by atoms with E-state index >= 15 is 0 Å². The van der Waals surface area contributed by atoms with Crippen LogP contribution in [0.4, 0.5) is 0 Å². The predicted octanol–water partition coefficient (Wildman–Crippen LogP) is 2.28. The van der Waals surface area contributed by atoms with E-state index in [1.54, 1.807) is 48.7 Å². The molecular weight excluding hydrogens is 276 g/mol. The number of hydrogen-bond donors (Lipinski definition) is 0. The van der Waals surface area contributed by atoms with Gasteiger partial charge in [0, 0.05) is 23.8 Å². The highest BCUT2D eigenvalue weighted by Crippen LogP contribution is 2.23. The number of pyridine rings is 1. The van der Waals surface area contributed by atoms with E-state index in [1.165, 1.54) is 17.3 Å². The number of methoxy groups -OCH3 is 1. The van der Waals surface area contributed by atoms with E-state index in [2.05, 4.69) is 4.98 Å². The van der Waals surface area contributed by atoms with Crippen LogP contribution in [0.5, 0.6) is 5.88 Å². The summed E-state index contributed by atoms with van der Waals surface area (Å²) in [6.45, 7) is 0. The molecule has 0 spiro atoms. The van der Waals surface area contributed by atoms with Gasteiger partial charge in [0.05, 0.1) is 17.5 Å². The van der Waals surface area contributed by atoms with Crippen molar-refractivity contribution in [3.8, 4) is 5.88 Å². The molecule has 0 N–H and O–H groups in total. The smallest absolute Gasteiger partial charge is 0.268 e. The Bertz CT molecular complexity index is 855. The lowest BCUT2D eigenvalue weighted by atomic mass is 10.3. The Balaban J connectivity index is 2.24. The molecular formula is C14H12N2O3S. The van der Waals surface area contributed by atoms with Crippen LogP contribution in [0.2, 0.25) is 0 Å². The van der Waals surface area contributed by atoms with Crippen LogP contribution in [0.15, 0.2) is 59.8 Å². The van der Waals surface area contributed by atoms with Crippen LogP contribution >= 0.6 is 0 Å². The third-order valence-corrected chi connectivity index (χ3v) is 4.73. The Morgan fingerprint density at radius 2 is 1.90 bits per heavy atom. The molecule has 102 valence electrons. The summed E-state index contributed by atoms with van der Waals surface area (Å²) < 4.78 is 31.5. The fourth-order valence-corrected chi connectivity index (χ4v) is 3.38. The van der Waals surface area contributed by atoms with Crippen molar-refractivity contribution >= 4 is 20.9 Å². The summed E-state index contributed by atoms with van der Waals surface area (Å²) in [7, 11) is -2.12. The molecule has 0 bridgehead atoms. The molecule has 5 nitrogen and oxygen atoms in total. The largest absolute Gasteiger partial charge is 0.481 e. The highest BCUT2D eigenvalue weighted by Gasteiger charge is 2.18. The third-order valence-electron chi connectivity index (χ3n) is 3.02. The molecule has 3 rings (SSSR count). The maximum absolute atomic E-state index is 12.6. The molecule has 0 fully saturated rings. The van der Waals surface area contributed by atoms with Crippen molar-refractivity contribution in [3.63, 3.8) is 0 Å². The van der Waals surface area contributed by atoms with Gasteiger partial charge in [-0.1, -0.05) is 18.2 Å². The van der Waals surface area contributed by atoms with Gasteiger partial charge in [-0.3, -0.25) is 0 Å². The number of benzene rings is 1. The summed E-state index contributed by atoms with van der Waals surface area (Å²) >= 11 is 0. The SMILES string of the molecule is COc1cc2c(ccn2S(=O)(=O)c2ccccc2)cn1. The average Bonchev–Trinajstić information content (AvgIpc) is 2.91. The monoisotopic (exact) mass is 288 g/mol. The summed E-state index contributed by atoms with van der Waals surface area (Å²) in [6.07, 6.45) is 3.11. The van der Waals surface area contributed by atoms with Crippen molar-refractivity contribution in [3.05, 3.63) is 54.9 Å². The highest BCUT2D eigenvalue weighted by atomic mass is 32.2. The van der Waals surface area contributed by atoms with Gasteiger partial charge in [-0.25, -0.2) is 17.4 Å². The second-order valence-electron chi connectivity index (χ2n) is 4.22. The van der Waals surface area contributed by atoms with Crippen LogP contribution in [-0.2, 0) is 10.0 Å². The highest BCUT2D eigenvalue weighted by molar-refractivity contribution is 7.90. The topological polar surface area (TPSA) is 61.2 Å². The van der Waals surface area contributed by atoms with Gasteiger partial charge in [-0.05, 0) is 18.2 Å². The molecule has 1 aromatic carbocycles. The zero-order valence-electron chi connectivity index (χ0n) is 10.7. The van der Waals surface area contributed by atoms with E-state index in [1.807, 2.05) is 0 Å². The lowest BCUT2D eigenvalue weighted by Gasteiger charge is -2.07. The summed E-state index contributed by atoms with van der Waals surface area (Å²) in [5, 5.41) is 0.741. The molecule has 0 unspecified atom stereocenters. The minimum absolute atomic E-state index is 0.244. The molecule has 0 radical (unpaired) electrons. The zero-order chi connectivity index (χ0) is 14.2. The molecule has 0 amide bonds. The van der Waals surface area contributed by atoms with Crippen LogP contribution in [-0.4, -0.2) is 24.5 Å². The Hall–Kier alpha value is -2.34. The average molecular weight is 288 g/mol. The number of hydrogen-bond acceptors (Lipinski definition) is 4. The van der Waals surface area contributed by atoms with Crippen molar-refractivity contribution in [1.29, 1.82) is 0 Å². The van der Waals surface area contributed by atoms with Gasteiger partial charge >= 0.3 is 0 Å². The number of nitrogens with zero attached hydrogens (tertiary/aromatic N) is 2. The quantitative estimate of drug-likeness (QED) is 0.742. The Labute approximate surface area is 116 Å². The maximum Gasteiger partial charge on any atom is 0.268 e. The standard InChI is InChI=1S/C14H12N2O3S/c1-19-14-9-13-11(10-15-14)7-8-16(13)20(17,18)12-5-3-2-4-6-12/h2-10H,1H3. The normalized spacial score (nSPS) is 11.7. The number of aromatic nitrogens is 2. The molecule has 6 heteroatoms. The minimum atomic E-state index is -3.61. The summed E-state index contributed by atoms with van der Waals surface area (Å²) in [4.78, 5) is 4.31. The molecule has 0 aliphatic heterocycles. The number of rotatable bonds is 3. The van der Waals surface area contributed by atoms with Crippen molar-refractivity contribution in [2.24, 2.45) is 0 Å². The molecule has 0 aliphatic rings. The predicted molar refractivity (Wildman–Crippen MR) is 75.3 cm³/mol. The number of fused-ring (bicyclic) bond motifs is 1. The first-order valence-electron chi connectivity index (χ1n) is 5.94. The lowest BCUT2D eigenvalue weighted by Crippen LogP contribution is -2.11. The van der Waals surface area contributed by atoms with E-state index in [-0.39, 0.29) is 4.90 Å². The van der Waals surface area contributed by atoms with Crippen molar-refractivity contribution in [2.75, 3.05) is 7.11 Å². The van der Waals surface area contributed by atoms with E-state index < -0.39 is 10.0 Å².